The van der Waals surface area contributed by atoms with E-state index in [2.05, 4.69) is 4.42 Å². The van der Waals surface area contributed by atoms with Gasteiger partial charge in [-0.3, -0.25) is 0 Å². The van der Waals surface area contributed by atoms with Gasteiger partial charge >= 0.3 is 0 Å². The molecule has 0 spiro atoms. The summed E-state index contributed by atoms with van der Waals surface area (Å²) < 4.78 is 69.2. The zero-order chi connectivity index (χ0) is 11.9. The molecule has 0 bridgehead atoms. The van der Waals surface area contributed by atoms with Crippen LogP contribution in [0.15, 0.2) is 22.8 Å². The quantitative estimate of drug-likeness (QED) is 0.417. The van der Waals surface area contributed by atoms with Gasteiger partial charge in [-0.05, 0) is 12.1 Å². The molecular weight excluding hydrogens is 231 g/mol. The van der Waals surface area contributed by atoms with Gasteiger partial charge < -0.3 is 4.42 Å². The fraction of sp³-hybridized carbons (Fsp3) is 0. The van der Waals surface area contributed by atoms with E-state index in [4.69, 9.17) is 0 Å². The van der Waals surface area contributed by atoms with Gasteiger partial charge in [0.15, 0.2) is 23.3 Å². The highest BCUT2D eigenvalue weighted by atomic mass is 19.2. The monoisotopic (exact) mass is 234 g/mol. The first kappa shape index (κ1) is 10.7. The molecule has 2 aromatic rings. The molecule has 0 saturated carbocycles. The van der Waals surface area contributed by atoms with Crippen molar-refractivity contribution < 1.29 is 26.4 Å². The number of hydrogen-bond acceptors (Lipinski definition) is 1. The first-order valence-corrected chi connectivity index (χ1v) is 4.09. The van der Waals surface area contributed by atoms with Crippen molar-refractivity contribution in [3.63, 3.8) is 0 Å². The van der Waals surface area contributed by atoms with Crippen LogP contribution < -0.4 is 0 Å². The Bertz CT molecular complexity index is 504. The Morgan fingerprint density at radius 3 is 1.69 bits per heavy atom. The Kier molecular flexibility index (Phi) is 2.41. The molecule has 2 rings (SSSR count). The molecule has 1 aromatic carbocycles. The first-order valence-electron chi connectivity index (χ1n) is 4.09. The normalized spacial score (nSPS) is 10.8. The van der Waals surface area contributed by atoms with Gasteiger partial charge in [-0.25, -0.2) is 22.0 Å². The predicted molar refractivity (Wildman–Crippen MR) is 43.9 cm³/mol. The summed E-state index contributed by atoms with van der Waals surface area (Å²) >= 11 is 0. The fourth-order valence-electron chi connectivity index (χ4n) is 1.24. The second-order valence-electron chi connectivity index (χ2n) is 2.92. The highest BCUT2D eigenvalue weighted by Gasteiger charge is 2.27. The average molecular weight is 234 g/mol. The summed E-state index contributed by atoms with van der Waals surface area (Å²) in [6.07, 6.45) is 1.06. The van der Waals surface area contributed by atoms with Gasteiger partial charge in [-0.2, -0.15) is 0 Å². The van der Waals surface area contributed by atoms with E-state index in [-0.39, 0.29) is 0 Å². The van der Waals surface area contributed by atoms with E-state index in [1.807, 2.05) is 0 Å². The lowest BCUT2D eigenvalue weighted by molar-refractivity contribution is 0.379. The zero-order valence-corrected chi connectivity index (χ0v) is 7.53. The third kappa shape index (κ3) is 1.37. The molecule has 1 aromatic heterocycles. The maximum absolute atomic E-state index is 13.2. The summed E-state index contributed by atoms with van der Waals surface area (Å²) in [6.45, 7) is 0. The van der Waals surface area contributed by atoms with Crippen molar-refractivity contribution in [2.24, 2.45) is 0 Å². The van der Waals surface area contributed by atoms with Crippen LogP contribution in [0.25, 0.3) is 11.3 Å². The maximum Gasteiger partial charge on any atom is 0.200 e. The van der Waals surface area contributed by atoms with E-state index in [0.717, 1.165) is 12.3 Å². The van der Waals surface area contributed by atoms with E-state index in [1.54, 1.807) is 0 Å². The van der Waals surface area contributed by atoms with Crippen LogP contribution in [0.3, 0.4) is 0 Å². The Labute approximate surface area is 86.1 Å². The minimum absolute atomic E-state index is 0.423. The van der Waals surface area contributed by atoms with Gasteiger partial charge in [0, 0.05) is 0 Å². The second kappa shape index (κ2) is 3.62. The molecule has 0 radical (unpaired) electrons. The molecule has 0 aliphatic heterocycles. The first-order chi connectivity index (χ1) is 7.54. The Morgan fingerprint density at radius 2 is 1.25 bits per heavy atom. The standard InChI is InChI=1S/C10H3F5O/c11-6-5(4-2-1-3-16-4)7(12)9(14)10(15)8(6)13/h1-3H. The predicted octanol–water partition coefficient (Wildman–Crippen LogP) is 3.64. The molecule has 0 saturated heterocycles. The largest absolute Gasteiger partial charge is 0.464 e. The molecule has 0 amide bonds. The van der Waals surface area contributed by atoms with Crippen molar-refractivity contribution >= 4 is 0 Å². The highest BCUT2D eigenvalue weighted by Crippen LogP contribution is 2.31. The maximum atomic E-state index is 13.2. The lowest BCUT2D eigenvalue weighted by Crippen LogP contribution is -2.03. The van der Waals surface area contributed by atoms with Crippen LogP contribution in [0.1, 0.15) is 0 Å². The second-order valence-corrected chi connectivity index (χ2v) is 2.92. The summed E-state index contributed by atoms with van der Waals surface area (Å²) in [4.78, 5) is 0. The van der Waals surface area contributed by atoms with Gasteiger partial charge in [0.1, 0.15) is 5.76 Å². The minimum atomic E-state index is -2.19. The molecule has 1 nitrogen and oxygen atoms in total. The Morgan fingerprint density at radius 1 is 0.750 bits per heavy atom. The Hall–Kier alpha value is -1.85. The molecule has 16 heavy (non-hydrogen) atoms. The van der Waals surface area contributed by atoms with Crippen molar-refractivity contribution in [1.82, 2.24) is 0 Å². The molecule has 0 aliphatic carbocycles. The van der Waals surface area contributed by atoms with Gasteiger partial charge in [-0.1, -0.05) is 0 Å². The summed E-state index contributed by atoms with van der Waals surface area (Å²) in [7, 11) is 0. The topological polar surface area (TPSA) is 13.1 Å². The number of halogens is 5. The van der Waals surface area contributed by atoms with Crippen molar-refractivity contribution in [1.29, 1.82) is 0 Å². The van der Waals surface area contributed by atoms with E-state index in [0.29, 0.717) is 0 Å². The lowest BCUT2D eigenvalue weighted by atomic mass is 10.1. The number of rotatable bonds is 1. The van der Waals surface area contributed by atoms with Crippen LogP contribution in [0.4, 0.5) is 22.0 Å². The van der Waals surface area contributed by atoms with Crippen LogP contribution in [0.5, 0.6) is 0 Å². The summed E-state index contributed by atoms with van der Waals surface area (Å²) in [5.74, 6) is -10.4. The van der Waals surface area contributed by atoms with Gasteiger partial charge in [0.25, 0.3) is 0 Å². The summed E-state index contributed by atoms with van der Waals surface area (Å²) in [6, 6.07) is 2.37. The third-order valence-corrected chi connectivity index (χ3v) is 1.98. The highest BCUT2D eigenvalue weighted by molar-refractivity contribution is 5.59. The number of hydrogen-bond donors (Lipinski definition) is 0. The van der Waals surface area contributed by atoms with E-state index in [1.165, 1.54) is 6.07 Å². The number of furan rings is 1. The number of benzene rings is 1. The fourth-order valence-corrected chi connectivity index (χ4v) is 1.24. The molecular formula is C10H3F5O. The smallest absolute Gasteiger partial charge is 0.200 e. The van der Waals surface area contributed by atoms with Crippen LogP contribution in [0.2, 0.25) is 0 Å². The van der Waals surface area contributed by atoms with Crippen LogP contribution in [-0.2, 0) is 0 Å². The van der Waals surface area contributed by atoms with Gasteiger partial charge in [0.05, 0.1) is 11.8 Å². The van der Waals surface area contributed by atoms with Crippen molar-refractivity contribution in [2.75, 3.05) is 0 Å². The van der Waals surface area contributed by atoms with Gasteiger partial charge in [-0.15, -0.1) is 0 Å². The molecule has 1 heterocycles. The minimum Gasteiger partial charge on any atom is -0.464 e. The van der Waals surface area contributed by atoms with E-state index in [9.17, 15) is 22.0 Å². The molecule has 0 aliphatic rings. The van der Waals surface area contributed by atoms with E-state index < -0.39 is 40.4 Å². The van der Waals surface area contributed by atoms with Crippen molar-refractivity contribution in [2.45, 2.75) is 0 Å². The third-order valence-electron chi connectivity index (χ3n) is 1.98. The summed E-state index contributed by atoms with van der Waals surface area (Å²) in [5, 5.41) is 0. The van der Waals surface area contributed by atoms with Crippen molar-refractivity contribution in [3.8, 4) is 11.3 Å². The zero-order valence-electron chi connectivity index (χ0n) is 7.53. The molecule has 0 atom stereocenters. The lowest BCUT2D eigenvalue weighted by Gasteiger charge is -2.05. The Balaban J connectivity index is 2.81. The SMILES string of the molecule is Fc1c(F)c(F)c(-c2ccco2)c(F)c1F. The van der Waals surface area contributed by atoms with Crippen molar-refractivity contribution in [3.05, 3.63) is 47.5 Å². The summed E-state index contributed by atoms with van der Waals surface area (Å²) in [5.41, 5.74) is -1.07. The van der Waals surface area contributed by atoms with Gasteiger partial charge in [0.2, 0.25) is 5.82 Å². The van der Waals surface area contributed by atoms with E-state index >= 15 is 0 Å². The molecule has 0 N–H and O–H groups in total. The average Bonchev–Trinajstić information content (AvgIpc) is 2.77. The molecule has 0 fully saturated rings. The molecule has 0 unspecified atom stereocenters. The van der Waals surface area contributed by atoms with Crippen LogP contribution in [0, 0.1) is 29.1 Å². The molecule has 84 valence electrons. The van der Waals surface area contributed by atoms with Crippen LogP contribution in [-0.4, -0.2) is 0 Å². The molecule has 6 heteroatoms. The van der Waals surface area contributed by atoms with Crippen LogP contribution >= 0.6 is 0 Å².